The molecule has 0 aliphatic heterocycles. The van der Waals surface area contributed by atoms with Crippen LogP contribution in [0.3, 0.4) is 0 Å². The summed E-state index contributed by atoms with van der Waals surface area (Å²) in [6.45, 7) is 6.55. The number of nitrogens with zero attached hydrogens (tertiary/aromatic N) is 1. The van der Waals surface area contributed by atoms with E-state index in [2.05, 4.69) is 26.6 Å². The molecule has 0 bridgehead atoms. The van der Waals surface area contributed by atoms with E-state index in [1.807, 2.05) is 32.9 Å². The number of hydrogen-bond acceptors (Lipinski definition) is 1. The van der Waals surface area contributed by atoms with Gasteiger partial charge in [-0.15, -0.1) is 0 Å². The molecule has 0 amide bonds. The summed E-state index contributed by atoms with van der Waals surface area (Å²) < 4.78 is 41.3. The van der Waals surface area contributed by atoms with Gasteiger partial charge < -0.3 is 14.4 Å². The molecule has 0 radical (unpaired) electrons. The molecular weight excluding hydrogens is 439 g/mol. The van der Waals surface area contributed by atoms with Crippen molar-refractivity contribution in [2.75, 3.05) is 0 Å². The Morgan fingerprint density at radius 1 is 1.15 bits per heavy atom. The molecule has 0 saturated heterocycles. The fourth-order valence-electron chi connectivity index (χ4n) is 3.32. The average molecular weight is 458 g/mol. The summed E-state index contributed by atoms with van der Waals surface area (Å²) in [5.74, 6) is 0. The fraction of sp³-hybridized carbons (Fsp3) is 0.263. The standard InChI is InChI=1S/C19H19BrF2NO3P/c1-11-5-4-6-15-12(2)13(3)23(18(11)15)10-14-7-8-16(17(20)9-14)19(21,22)27(24,25)26/h4-9H,10H2,1-3H3,(H2,24,25,26). The molecule has 2 N–H and O–H groups in total. The van der Waals surface area contributed by atoms with E-state index < -0.39 is 18.8 Å². The second kappa shape index (κ2) is 6.82. The zero-order chi connectivity index (χ0) is 20.1. The third-order valence-corrected chi connectivity index (χ3v) is 6.55. The summed E-state index contributed by atoms with van der Waals surface area (Å²) >= 11 is 3.04. The molecule has 0 aliphatic rings. The van der Waals surface area contributed by atoms with Crippen molar-refractivity contribution in [3.05, 3.63) is 68.8 Å². The topological polar surface area (TPSA) is 62.5 Å². The lowest BCUT2D eigenvalue weighted by Gasteiger charge is -2.20. The van der Waals surface area contributed by atoms with Gasteiger partial charge in [0, 0.05) is 27.7 Å². The van der Waals surface area contributed by atoms with Gasteiger partial charge in [-0.1, -0.05) is 46.3 Å². The normalized spacial score (nSPS) is 12.7. The Balaban J connectivity index is 2.06. The van der Waals surface area contributed by atoms with Crippen molar-refractivity contribution in [3.8, 4) is 0 Å². The van der Waals surface area contributed by atoms with Gasteiger partial charge >= 0.3 is 13.3 Å². The predicted molar refractivity (Wildman–Crippen MR) is 105 cm³/mol. The van der Waals surface area contributed by atoms with Crippen LogP contribution in [-0.4, -0.2) is 14.4 Å². The van der Waals surface area contributed by atoms with Crippen molar-refractivity contribution < 1.29 is 23.1 Å². The minimum absolute atomic E-state index is 0.0316. The van der Waals surface area contributed by atoms with Gasteiger partial charge in [0.25, 0.3) is 0 Å². The first-order valence-corrected chi connectivity index (χ1v) is 10.6. The fourth-order valence-corrected chi connectivity index (χ4v) is 4.66. The number of fused-ring (bicyclic) bond motifs is 1. The summed E-state index contributed by atoms with van der Waals surface area (Å²) in [5, 5.41) is 1.15. The molecule has 2 aromatic carbocycles. The second-order valence-electron chi connectivity index (χ2n) is 6.67. The Morgan fingerprint density at radius 3 is 2.41 bits per heavy atom. The lowest BCUT2D eigenvalue weighted by molar-refractivity contribution is 0.0557. The lowest BCUT2D eigenvalue weighted by atomic mass is 10.1. The number of benzene rings is 2. The molecule has 4 nitrogen and oxygen atoms in total. The summed E-state index contributed by atoms with van der Waals surface area (Å²) in [7, 11) is -5.61. The molecule has 0 atom stereocenters. The average Bonchev–Trinajstić information content (AvgIpc) is 2.80. The first-order valence-electron chi connectivity index (χ1n) is 8.22. The number of hydrogen-bond donors (Lipinski definition) is 2. The Morgan fingerprint density at radius 2 is 1.81 bits per heavy atom. The number of para-hydroxylation sites is 1. The second-order valence-corrected chi connectivity index (χ2v) is 9.17. The summed E-state index contributed by atoms with van der Waals surface area (Å²) in [5.41, 5.74) is 0.239. The van der Waals surface area contributed by atoms with Crippen molar-refractivity contribution in [1.29, 1.82) is 0 Å². The largest absolute Gasteiger partial charge is 0.399 e. The molecule has 144 valence electrons. The van der Waals surface area contributed by atoms with Crippen molar-refractivity contribution in [3.63, 3.8) is 0 Å². The van der Waals surface area contributed by atoms with E-state index in [0.29, 0.717) is 6.54 Å². The predicted octanol–water partition coefficient (Wildman–Crippen LogP) is 5.60. The van der Waals surface area contributed by atoms with Gasteiger partial charge in [0.05, 0.1) is 5.52 Å². The minimum Gasteiger partial charge on any atom is -0.340 e. The van der Waals surface area contributed by atoms with Crippen molar-refractivity contribution in [2.45, 2.75) is 33.0 Å². The number of halogens is 3. The lowest BCUT2D eigenvalue weighted by Crippen LogP contribution is -2.15. The van der Waals surface area contributed by atoms with Crippen LogP contribution in [0.4, 0.5) is 8.78 Å². The SMILES string of the molecule is Cc1c(C)n(Cc2ccc(C(F)(F)P(=O)(O)O)c(Br)c2)c2c(C)cccc12. The van der Waals surface area contributed by atoms with E-state index >= 15 is 0 Å². The Bertz CT molecular complexity index is 1090. The highest BCUT2D eigenvalue weighted by atomic mass is 79.9. The smallest absolute Gasteiger partial charge is 0.340 e. The number of rotatable bonds is 4. The first kappa shape index (κ1) is 20.2. The molecule has 0 fully saturated rings. The third kappa shape index (κ3) is 3.38. The van der Waals surface area contributed by atoms with Crippen LogP contribution >= 0.6 is 23.5 Å². The van der Waals surface area contributed by atoms with Gasteiger partial charge in [0.1, 0.15) is 0 Å². The summed E-state index contributed by atoms with van der Waals surface area (Å²) in [4.78, 5) is 17.9. The Hall–Kier alpha value is -1.53. The molecule has 0 unspecified atom stereocenters. The Labute approximate surface area is 164 Å². The maximum absolute atomic E-state index is 14.0. The molecule has 1 aromatic heterocycles. The van der Waals surface area contributed by atoms with Crippen LogP contribution < -0.4 is 0 Å². The molecule has 3 aromatic rings. The first-order chi connectivity index (χ1) is 12.4. The molecule has 3 rings (SSSR count). The van der Waals surface area contributed by atoms with Crippen LogP contribution in [-0.2, 0) is 16.8 Å². The molecule has 0 saturated carbocycles. The number of aromatic nitrogens is 1. The van der Waals surface area contributed by atoms with E-state index in [4.69, 9.17) is 9.79 Å². The van der Waals surface area contributed by atoms with E-state index in [1.165, 1.54) is 12.1 Å². The van der Waals surface area contributed by atoms with Crippen LogP contribution in [0.1, 0.15) is 27.9 Å². The van der Waals surface area contributed by atoms with Crippen LogP contribution in [0.25, 0.3) is 10.9 Å². The van der Waals surface area contributed by atoms with E-state index in [1.54, 1.807) is 0 Å². The van der Waals surface area contributed by atoms with Crippen molar-refractivity contribution in [2.24, 2.45) is 0 Å². The molecular formula is C19H19BrF2NO3P. The highest BCUT2D eigenvalue weighted by Crippen LogP contribution is 2.60. The third-order valence-electron chi connectivity index (χ3n) is 4.92. The van der Waals surface area contributed by atoms with E-state index in [0.717, 1.165) is 39.4 Å². The molecule has 1 heterocycles. The van der Waals surface area contributed by atoms with Gasteiger partial charge in [-0.05, 0) is 43.5 Å². The highest BCUT2D eigenvalue weighted by molar-refractivity contribution is 9.10. The van der Waals surface area contributed by atoms with Crippen LogP contribution in [0.2, 0.25) is 0 Å². The van der Waals surface area contributed by atoms with Crippen LogP contribution in [0.5, 0.6) is 0 Å². The molecule has 0 aliphatic carbocycles. The van der Waals surface area contributed by atoms with Gasteiger partial charge in [-0.2, -0.15) is 8.78 Å². The number of alkyl halides is 2. The number of aryl methyl sites for hydroxylation is 2. The van der Waals surface area contributed by atoms with E-state index in [9.17, 15) is 13.3 Å². The van der Waals surface area contributed by atoms with Gasteiger partial charge in [0.15, 0.2) is 0 Å². The van der Waals surface area contributed by atoms with Crippen molar-refractivity contribution in [1.82, 2.24) is 4.57 Å². The molecule has 8 heteroatoms. The zero-order valence-electron chi connectivity index (χ0n) is 15.0. The monoisotopic (exact) mass is 457 g/mol. The zero-order valence-corrected chi connectivity index (χ0v) is 17.5. The summed E-state index contributed by atoms with van der Waals surface area (Å²) in [6.07, 6.45) is 0. The van der Waals surface area contributed by atoms with Gasteiger partial charge in [-0.3, -0.25) is 4.57 Å². The van der Waals surface area contributed by atoms with Gasteiger partial charge in [-0.25, -0.2) is 0 Å². The van der Waals surface area contributed by atoms with Crippen LogP contribution in [0.15, 0.2) is 40.9 Å². The maximum atomic E-state index is 14.0. The quantitative estimate of drug-likeness (QED) is 0.500. The minimum atomic E-state index is -5.61. The van der Waals surface area contributed by atoms with Crippen molar-refractivity contribution >= 4 is 34.4 Å². The maximum Gasteiger partial charge on any atom is 0.399 e. The van der Waals surface area contributed by atoms with E-state index in [-0.39, 0.29) is 4.47 Å². The van der Waals surface area contributed by atoms with Gasteiger partial charge in [0.2, 0.25) is 0 Å². The van der Waals surface area contributed by atoms with Crippen LogP contribution in [0, 0.1) is 20.8 Å². The molecule has 0 spiro atoms. The summed E-state index contributed by atoms with van der Waals surface area (Å²) in [6, 6.07) is 10.1. The Kier molecular flexibility index (Phi) is 5.10. The molecule has 27 heavy (non-hydrogen) atoms. The highest BCUT2D eigenvalue weighted by Gasteiger charge is 2.51.